The second-order valence-corrected chi connectivity index (χ2v) is 8.75. The maximum absolute atomic E-state index is 12.5. The van der Waals surface area contributed by atoms with Crippen LogP contribution in [0.1, 0.15) is 45.6 Å². The monoisotopic (exact) mass is 407 g/mol. The van der Waals surface area contributed by atoms with Gasteiger partial charge in [0.25, 0.3) is 0 Å². The predicted molar refractivity (Wildman–Crippen MR) is 112 cm³/mol. The molecule has 0 aromatic heterocycles. The lowest BCUT2D eigenvalue weighted by atomic mass is 9.86. The van der Waals surface area contributed by atoms with Gasteiger partial charge >= 0.3 is 11.9 Å². The van der Waals surface area contributed by atoms with Crippen molar-refractivity contribution in [3.63, 3.8) is 0 Å². The van der Waals surface area contributed by atoms with E-state index in [1.807, 2.05) is 30.3 Å². The van der Waals surface area contributed by atoms with Crippen molar-refractivity contribution >= 4 is 40.1 Å². The van der Waals surface area contributed by atoms with Crippen LogP contribution in [0.3, 0.4) is 0 Å². The van der Waals surface area contributed by atoms with E-state index in [-0.39, 0.29) is 18.8 Å². The Hall–Kier alpha value is -1.91. The van der Waals surface area contributed by atoms with Crippen LogP contribution in [0.5, 0.6) is 0 Å². The van der Waals surface area contributed by atoms with Crippen LogP contribution < -0.4 is 0 Å². The predicted octanol–water partition coefficient (Wildman–Crippen LogP) is 4.44. The van der Waals surface area contributed by atoms with E-state index in [4.69, 9.17) is 28.3 Å². The fourth-order valence-electron chi connectivity index (χ4n) is 2.72. The number of rotatable bonds is 9. The summed E-state index contributed by atoms with van der Waals surface area (Å²) in [7, 11) is 1.32. The Kier molecular flexibility index (Phi) is 8.94. The number of nitrogens with zero attached hydrogens (tertiary/aromatic N) is 1. The van der Waals surface area contributed by atoms with Gasteiger partial charge in [-0.25, -0.2) is 6.57 Å². The lowest BCUT2D eigenvalue weighted by molar-refractivity contribution is -0.143. The van der Waals surface area contributed by atoms with Gasteiger partial charge in [-0.15, -0.1) is 0 Å². The molecule has 0 amide bonds. The van der Waals surface area contributed by atoms with E-state index in [1.54, 1.807) is 20.8 Å². The maximum Gasteiger partial charge on any atom is 0.322 e. The Morgan fingerprint density at radius 1 is 1.26 bits per heavy atom. The first-order valence-electron chi connectivity index (χ1n) is 8.61. The van der Waals surface area contributed by atoms with Gasteiger partial charge in [0.1, 0.15) is 4.75 Å². The summed E-state index contributed by atoms with van der Waals surface area (Å²) in [5, 5.41) is 0. The number of hydrogen-bond donors (Lipinski definition) is 0. The fourth-order valence-corrected chi connectivity index (χ4v) is 4.62. The van der Waals surface area contributed by atoms with Crippen LogP contribution in [0.15, 0.2) is 30.3 Å². The number of thiocarbonyl (C=S) groups is 1. The number of ether oxygens (including phenoxy) is 2. The van der Waals surface area contributed by atoms with Crippen molar-refractivity contribution in [3.8, 4) is 0 Å². The standard InChI is InChI=1S/C20H25NO4S2/c1-6-25-16(22)12-13-19(2,21-4)14-20(3,18(23)24-5)27-17(26)15-10-8-7-9-11-15/h7-11H,6,12-14H2,1-3,5H3. The Morgan fingerprint density at radius 3 is 2.41 bits per heavy atom. The Labute approximate surface area is 170 Å². The van der Waals surface area contributed by atoms with Gasteiger partial charge in [0.05, 0.1) is 30.8 Å². The lowest BCUT2D eigenvalue weighted by Gasteiger charge is -2.30. The van der Waals surface area contributed by atoms with E-state index < -0.39 is 16.3 Å². The molecule has 0 fully saturated rings. The molecule has 0 N–H and O–H groups in total. The summed E-state index contributed by atoms with van der Waals surface area (Å²) in [5.41, 5.74) is -0.0849. The highest BCUT2D eigenvalue weighted by atomic mass is 32.2. The summed E-state index contributed by atoms with van der Waals surface area (Å²) in [4.78, 5) is 27.9. The smallest absolute Gasteiger partial charge is 0.322 e. The topological polar surface area (TPSA) is 57.0 Å². The summed E-state index contributed by atoms with van der Waals surface area (Å²) in [5.74, 6) is -0.795. The summed E-state index contributed by atoms with van der Waals surface area (Å²) < 4.78 is 9.45. The summed E-state index contributed by atoms with van der Waals surface area (Å²) >= 11 is 6.72. The van der Waals surface area contributed by atoms with Crippen LogP contribution in [0.25, 0.3) is 4.85 Å². The number of methoxy groups -OCH3 is 1. The average Bonchev–Trinajstić information content (AvgIpc) is 2.66. The van der Waals surface area contributed by atoms with Crippen molar-refractivity contribution in [2.24, 2.45) is 0 Å². The van der Waals surface area contributed by atoms with Gasteiger partial charge in [-0.2, -0.15) is 0 Å². The quantitative estimate of drug-likeness (QED) is 0.343. The van der Waals surface area contributed by atoms with Crippen LogP contribution in [-0.2, 0) is 19.1 Å². The van der Waals surface area contributed by atoms with Gasteiger partial charge in [0.15, 0.2) is 0 Å². The zero-order valence-electron chi connectivity index (χ0n) is 16.1. The Balaban J connectivity index is 3.00. The second kappa shape index (κ2) is 10.4. The normalized spacial score (nSPS) is 14.9. The number of thioether (sulfide) groups is 1. The molecule has 1 rings (SSSR count). The number of esters is 2. The molecule has 0 saturated carbocycles. The Morgan fingerprint density at radius 2 is 1.89 bits per heavy atom. The molecule has 2 unspecified atom stereocenters. The van der Waals surface area contributed by atoms with Gasteiger partial charge in [0.2, 0.25) is 5.54 Å². The van der Waals surface area contributed by atoms with Gasteiger partial charge in [0, 0.05) is 13.3 Å². The molecule has 0 aliphatic carbocycles. The maximum atomic E-state index is 12.5. The van der Waals surface area contributed by atoms with E-state index in [0.717, 1.165) is 5.56 Å². The van der Waals surface area contributed by atoms with E-state index in [0.29, 0.717) is 17.2 Å². The van der Waals surface area contributed by atoms with E-state index >= 15 is 0 Å². The van der Waals surface area contributed by atoms with E-state index in [1.165, 1.54) is 18.9 Å². The van der Waals surface area contributed by atoms with Gasteiger partial charge in [-0.1, -0.05) is 54.3 Å². The highest BCUT2D eigenvalue weighted by molar-refractivity contribution is 8.25. The molecule has 1 aromatic carbocycles. The van der Waals surface area contributed by atoms with Crippen LogP contribution in [0.4, 0.5) is 0 Å². The first-order chi connectivity index (χ1) is 12.7. The van der Waals surface area contributed by atoms with Crippen LogP contribution >= 0.6 is 24.0 Å². The first-order valence-corrected chi connectivity index (χ1v) is 9.83. The number of benzene rings is 1. The molecule has 0 spiro atoms. The number of carbonyl (C=O) groups excluding carboxylic acids is 2. The molecule has 0 bridgehead atoms. The highest BCUT2D eigenvalue weighted by Crippen LogP contribution is 2.40. The van der Waals surface area contributed by atoms with Crippen LogP contribution in [0.2, 0.25) is 0 Å². The first kappa shape index (κ1) is 23.1. The molecule has 5 nitrogen and oxygen atoms in total. The summed E-state index contributed by atoms with van der Waals surface area (Å²) in [6.07, 6.45) is 0.617. The third-order valence-corrected chi connectivity index (χ3v) is 5.77. The number of hydrogen-bond acceptors (Lipinski definition) is 6. The molecule has 0 aliphatic rings. The SMILES string of the molecule is [C-]#[N+]C(C)(CCC(=O)OCC)CC(C)(SC(=S)c1ccccc1)C(=O)OC. The molecule has 27 heavy (non-hydrogen) atoms. The largest absolute Gasteiger partial charge is 0.468 e. The molecule has 0 aliphatic heterocycles. The molecule has 2 atom stereocenters. The zero-order chi connectivity index (χ0) is 20.5. The Bertz CT molecular complexity index is 716. The van der Waals surface area contributed by atoms with Crippen molar-refractivity contribution < 1.29 is 19.1 Å². The number of carbonyl (C=O) groups is 2. The van der Waals surface area contributed by atoms with Crippen molar-refractivity contribution in [1.82, 2.24) is 0 Å². The minimum atomic E-state index is -1.05. The third-order valence-electron chi connectivity index (χ3n) is 4.11. The van der Waals surface area contributed by atoms with Crippen molar-refractivity contribution in [1.29, 1.82) is 0 Å². The molecule has 1 aromatic rings. The zero-order valence-corrected chi connectivity index (χ0v) is 17.7. The van der Waals surface area contributed by atoms with Gasteiger partial charge < -0.3 is 14.3 Å². The summed E-state index contributed by atoms with van der Waals surface area (Å²) in [6, 6.07) is 9.39. The minimum Gasteiger partial charge on any atom is -0.468 e. The van der Waals surface area contributed by atoms with Crippen molar-refractivity contribution in [2.75, 3.05) is 13.7 Å². The molecular weight excluding hydrogens is 382 g/mol. The average molecular weight is 408 g/mol. The van der Waals surface area contributed by atoms with Crippen molar-refractivity contribution in [2.45, 2.75) is 50.3 Å². The van der Waals surface area contributed by atoms with E-state index in [2.05, 4.69) is 4.85 Å². The van der Waals surface area contributed by atoms with Crippen LogP contribution in [0, 0.1) is 6.57 Å². The molecule has 146 valence electrons. The van der Waals surface area contributed by atoms with Crippen LogP contribution in [-0.4, -0.2) is 40.1 Å². The molecule has 0 saturated heterocycles. The molecule has 0 heterocycles. The molecule has 0 radical (unpaired) electrons. The second-order valence-electron chi connectivity index (χ2n) is 6.57. The van der Waals surface area contributed by atoms with Gasteiger partial charge in [-0.05, 0) is 19.4 Å². The van der Waals surface area contributed by atoms with E-state index in [9.17, 15) is 9.59 Å². The highest BCUT2D eigenvalue weighted by Gasteiger charge is 2.47. The molecular formula is C20H25NO4S2. The lowest BCUT2D eigenvalue weighted by Crippen LogP contribution is -2.41. The van der Waals surface area contributed by atoms with Gasteiger partial charge in [-0.3, -0.25) is 9.59 Å². The third kappa shape index (κ3) is 6.96. The fraction of sp³-hybridized carbons (Fsp3) is 0.500. The van der Waals surface area contributed by atoms with Crippen molar-refractivity contribution in [3.05, 3.63) is 47.3 Å². The minimum absolute atomic E-state index is 0.123. The molecule has 7 heteroatoms. The summed E-state index contributed by atoms with van der Waals surface area (Å²) in [6.45, 7) is 13.1.